The number of rotatable bonds is 2. The zero-order valence-electron chi connectivity index (χ0n) is 13.7. The van der Waals surface area contributed by atoms with E-state index in [9.17, 15) is 0 Å². The lowest BCUT2D eigenvalue weighted by Crippen LogP contribution is -2.35. The molecule has 124 valence electrons. The second kappa shape index (κ2) is 6.02. The van der Waals surface area contributed by atoms with E-state index >= 15 is 0 Å². The number of hydrogen-bond acceptors (Lipinski definition) is 3. The van der Waals surface area contributed by atoms with Crippen LogP contribution >= 0.6 is 11.6 Å². The number of piperidine rings is 1. The predicted octanol–water partition coefficient (Wildman–Crippen LogP) is 4.42. The molecule has 1 aliphatic heterocycles. The summed E-state index contributed by atoms with van der Waals surface area (Å²) < 4.78 is 2.21. The fourth-order valence-corrected chi connectivity index (χ4v) is 3.90. The summed E-state index contributed by atoms with van der Waals surface area (Å²) in [5.74, 6) is 0.619. The number of nitrogens with zero attached hydrogens (tertiary/aromatic N) is 3. The maximum atomic E-state index is 6.19. The smallest absolute Gasteiger partial charge is 0.201 e. The first-order valence-electron chi connectivity index (χ1n) is 8.37. The van der Waals surface area contributed by atoms with E-state index in [0.717, 1.165) is 42.0 Å². The van der Waals surface area contributed by atoms with Crippen LogP contribution in [-0.4, -0.2) is 22.6 Å². The molecule has 2 N–H and O–H groups in total. The molecule has 0 spiro atoms. The minimum atomic E-state index is 0.396. The van der Waals surface area contributed by atoms with Crippen molar-refractivity contribution >= 4 is 34.3 Å². The molecular formula is C19H21ClN4. The molecule has 3 aromatic rings. The van der Waals surface area contributed by atoms with Gasteiger partial charge in [0.05, 0.1) is 11.0 Å². The SMILES string of the molecule is Cc1ccc(Cl)cc1N1CCC(n2c(N)nc3ccccc32)CC1. The van der Waals surface area contributed by atoms with Crippen molar-refractivity contribution in [2.75, 3.05) is 23.7 Å². The van der Waals surface area contributed by atoms with Gasteiger partial charge >= 0.3 is 0 Å². The van der Waals surface area contributed by atoms with E-state index in [1.807, 2.05) is 24.3 Å². The van der Waals surface area contributed by atoms with Gasteiger partial charge in [-0.05, 0) is 49.6 Å². The van der Waals surface area contributed by atoms with Gasteiger partial charge in [-0.1, -0.05) is 29.8 Å². The minimum Gasteiger partial charge on any atom is -0.371 e. The van der Waals surface area contributed by atoms with Crippen LogP contribution in [0.2, 0.25) is 5.02 Å². The van der Waals surface area contributed by atoms with Crippen LogP contribution in [0.4, 0.5) is 11.6 Å². The molecule has 1 fully saturated rings. The molecule has 0 radical (unpaired) electrons. The first kappa shape index (κ1) is 15.3. The third-order valence-corrected chi connectivity index (χ3v) is 5.20. The van der Waals surface area contributed by atoms with Crippen LogP contribution in [0.5, 0.6) is 0 Å². The maximum Gasteiger partial charge on any atom is 0.201 e. The van der Waals surface area contributed by atoms with Gasteiger partial charge in [0.25, 0.3) is 0 Å². The monoisotopic (exact) mass is 340 g/mol. The molecule has 5 heteroatoms. The molecule has 4 nitrogen and oxygen atoms in total. The van der Waals surface area contributed by atoms with Crippen molar-refractivity contribution in [3.63, 3.8) is 0 Å². The zero-order valence-corrected chi connectivity index (χ0v) is 14.5. The number of anilines is 2. The van der Waals surface area contributed by atoms with Gasteiger partial charge < -0.3 is 15.2 Å². The highest BCUT2D eigenvalue weighted by atomic mass is 35.5. The lowest BCUT2D eigenvalue weighted by Gasteiger charge is -2.35. The zero-order chi connectivity index (χ0) is 16.7. The summed E-state index contributed by atoms with van der Waals surface area (Å²) in [6, 6.07) is 14.7. The third-order valence-electron chi connectivity index (χ3n) is 4.96. The molecule has 24 heavy (non-hydrogen) atoms. The van der Waals surface area contributed by atoms with Gasteiger partial charge in [0.1, 0.15) is 0 Å². The summed E-state index contributed by atoms with van der Waals surface area (Å²) in [4.78, 5) is 6.92. The molecule has 0 amide bonds. The lowest BCUT2D eigenvalue weighted by molar-refractivity contribution is 0.408. The van der Waals surface area contributed by atoms with Gasteiger partial charge in [-0.15, -0.1) is 0 Å². The van der Waals surface area contributed by atoms with E-state index in [0.29, 0.717) is 12.0 Å². The second-order valence-corrected chi connectivity index (χ2v) is 6.91. The van der Waals surface area contributed by atoms with Gasteiger partial charge in [0.2, 0.25) is 5.95 Å². The average Bonchev–Trinajstić information content (AvgIpc) is 2.93. The van der Waals surface area contributed by atoms with Crippen LogP contribution in [0, 0.1) is 6.92 Å². The van der Waals surface area contributed by atoms with Crippen LogP contribution in [0.3, 0.4) is 0 Å². The number of benzene rings is 2. The summed E-state index contributed by atoms with van der Waals surface area (Å²) in [5, 5.41) is 0.794. The van der Waals surface area contributed by atoms with Crippen molar-refractivity contribution in [1.29, 1.82) is 0 Å². The fraction of sp³-hybridized carbons (Fsp3) is 0.316. The Morgan fingerprint density at radius 1 is 1.12 bits per heavy atom. The molecule has 2 aromatic carbocycles. The van der Waals surface area contributed by atoms with Gasteiger partial charge in [0.15, 0.2) is 0 Å². The molecule has 0 atom stereocenters. The Bertz CT molecular complexity index is 878. The Kier molecular flexibility index (Phi) is 3.85. The van der Waals surface area contributed by atoms with Gasteiger partial charge in [-0.3, -0.25) is 0 Å². The van der Waals surface area contributed by atoms with E-state index in [4.69, 9.17) is 17.3 Å². The first-order chi connectivity index (χ1) is 11.6. The molecule has 0 bridgehead atoms. The van der Waals surface area contributed by atoms with E-state index in [1.54, 1.807) is 0 Å². The number of aryl methyl sites for hydroxylation is 1. The topological polar surface area (TPSA) is 47.1 Å². The van der Waals surface area contributed by atoms with E-state index in [2.05, 4.69) is 39.6 Å². The van der Waals surface area contributed by atoms with Crippen molar-refractivity contribution in [3.8, 4) is 0 Å². The van der Waals surface area contributed by atoms with Crippen LogP contribution < -0.4 is 10.6 Å². The molecule has 1 aromatic heterocycles. The summed E-state index contributed by atoms with van der Waals surface area (Å²) in [7, 11) is 0. The summed E-state index contributed by atoms with van der Waals surface area (Å²) in [5.41, 5.74) is 10.8. The quantitative estimate of drug-likeness (QED) is 0.751. The van der Waals surface area contributed by atoms with Crippen molar-refractivity contribution in [2.45, 2.75) is 25.8 Å². The fourth-order valence-electron chi connectivity index (χ4n) is 3.74. The molecule has 0 unspecified atom stereocenters. The van der Waals surface area contributed by atoms with E-state index < -0.39 is 0 Å². The second-order valence-electron chi connectivity index (χ2n) is 6.48. The lowest BCUT2D eigenvalue weighted by atomic mass is 10.0. The summed E-state index contributed by atoms with van der Waals surface area (Å²) >= 11 is 6.18. The Balaban J connectivity index is 1.58. The Morgan fingerprint density at radius 2 is 1.88 bits per heavy atom. The Hall–Kier alpha value is -2.20. The molecule has 4 rings (SSSR count). The number of hydrogen-bond donors (Lipinski definition) is 1. The normalized spacial score (nSPS) is 16.0. The van der Waals surface area contributed by atoms with Gasteiger partial charge in [-0.2, -0.15) is 0 Å². The first-order valence-corrected chi connectivity index (χ1v) is 8.75. The molecular weight excluding hydrogens is 320 g/mol. The van der Waals surface area contributed by atoms with E-state index in [1.165, 1.54) is 11.3 Å². The third kappa shape index (κ3) is 2.61. The standard InChI is InChI=1S/C19H21ClN4/c1-13-6-7-14(20)12-18(13)23-10-8-15(9-11-23)24-17-5-3-2-4-16(17)22-19(24)21/h2-7,12,15H,8-11H2,1H3,(H2,21,22). The summed E-state index contributed by atoms with van der Waals surface area (Å²) in [6.07, 6.45) is 2.10. The van der Waals surface area contributed by atoms with Crippen LogP contribution in [-0.2, 0) is 0 Å². The summed E-state index contributed by atoms with van der Waals surface area (Å²) in [6.45, 7) is 4.13. The number of nitrogen functional groups attached to an aromatic ring is 1. The van der Waals surface area contributed by atoms with Crippen molar-refractivity contribution in [1.82, 2.24) is 9.55 Å². The Morgan fingerprint density at radius 3 is 2.67 bits per heavy atom. The molecule has 0 saturated carbocycles. The number of nitrogens with two attached hydrogens (primary N) is 1. The number of imidazole rings is 1. The molecule has 1 saturated heterocycles. The van der Waals surface area contributed by atoms with Gasteiger partial charge in [-0.25, -0.2) is 4.98 Å². The number of halogens is 1. The number of fused-ring (bicyclic) bond motifs is 1. The van der Waals surface area contributed by atoms with Crippen LogP contribution in [0.1, 0.15) is 24.4 Å². The molecule has 0 aliphatic carbocycles. The Labute approximate surface area is 146 Å². The van der Waals surface area contributed by atoms with Gasteiger partial charge in [0, 0.05) is 29.8 Å². The van der Waals surface area contributed by atoms with Crippen molar-refractivity contribution in [3.05, 3.63) is 53.1 Å². The molecule has 1 aliphatic rings. The maximum absolute atomic E-state index is 6.19. The van der Waals surface area contributed by atoms with E-state index in [-0.39, 0.29) is 0 Å². The number of para-hydroxylation sites is 2. The average molecular weight is 341 g/mol. The van der Waals surface area contributed by atoms with Crippen LogP contribution in [0.25, 0.3) is 11.0 Å². The van der Waals surface area contributed by atoms with Crippen molar-refractivity contribution < 1.29 is 0 Å². The largest absolute Gasteiger partial charge is 0.371 e. The minimum absolute atomic E-state index is 0.396. The highest BCUT2D eigenvalue weighted by molar-refractivity contribution is 6.30. The number of aromatic nitrogens is 2. The molecule has 2 heterocycles. The van der Waals surface area contributed by atoms with Crippen LogP contribution in [0.15, 0.2) is 42.5 Å². The highest BCUT2D eigenvalue weighted by Gasteiger charge is 2.24. The highest BCUT2D eigenvalue weighted by Crippen LogP contribution is 2.33. The predicted molar refractivity (Wildman–Crippen MR) is 101 cm³/mol. The van der Waals surface area contributed by atoms with Crippen molar-refractivity contribution in [2.24, 2.45) is 0 Å².